The molecule has 0 saturated carbocycles. The van der Waals surface area contributed by atoms with Gasteiger partial charge in [0.25, 0.3) is 0 Å². The third-order valence-corrected chi connectivity index (χ3v) is 4.06. The Morgan fingerprint density at radius 3 is 2.63 bits per heavy atom. The minimum Gasteiger partial charge on any atom is -0.497 e. The Labute approximate surface area is 157 Å². The van der Waals surface area contributed by atoms with E-state index in [-0.39, 0.29) is 17.8 Å². The van der Waals surface area contributed by atoms with Crippen molar-refractivity contribution in [3.05, 3.63) is 71.6 Å². The Morgan fingerprint density at radius 1 is 1.26 bits per heavy atom. The van der Waals surface area contributed by atoms with E-state index in [9.17, 15) is 9.18 Å². The molecule has 7 heteroatoms. The number of ether oxygens (including phenoxy) is 1. The van der Waals surface area contributed by atoms with Crippen LogP contribution in [0.15, 0.2) is 48.5 Å². The number of benzene rings is 2. The summed E-state index contributed by atoms with van der Waals surface area (Å²) in [4.78, 5) is 16.0. The normalized spacial score (nSPS) is 11.9. The number of hydrogen-bond donors (Lipinski definition) is 1. The molecule has 1 aromatic heterocycles. The summed E-state index contributed by atoms with van der Waals surface area (Å²) in [5.41, 5.74) is 1.57. The molecule has 1 amide bonds. The molecular weight excluding hydrogens is 347 g/mol. The maximum absolute atomic E-state index is 13.7. The lowest BCUT2D eigenvalue weighted by Gasteiger charge is -2.13. The van der Waals surface area contributed by atoms with Gasteiger partial charge in [-0.05, 0) is 42.8 Å². The Morgan fingerprint density at radius 2 is 2.00 bits per heavy atom. The van der Waals surface area contributed by atoms with E-state index in [0.717, 1.165) is 11.3 Å². The summed E-state index contributed by atoms with van der Waals surface area (Å²) in [6.07, 6.45) is 0.506. The van der Waals surface area contributed by atoms with E-state index < -0.39 is 0 Å². The fourth-order valence-electron chi connectivity index (χ4n) is 2.82. The van der Waals surface area contributed by atoms with Crippen LogP contribution in [0.4, 0.5) is 4.39 Å². The zero-order valence-electron chi connectivity index (χ0n) is 15.4. The molecule has 3 aromatic rings. The number of hydrogen-bond acceptors (Lipinski definition) is 4. The Balaban J connectivity index is 1.96. The minimum absolute atomic E-state index is 0.173. The first kappa shape index (κ1) is 18.6. The number of carbonyl (C=O) groups is 1. The van der Waals surface area contributed by atoms with Crippen LogP contribution in [0.25, 0.3) is 5.69 Å². The second-order valence-electron chi connectivity index (χ2n) is 6.22. The summed E-state index contributed by atoms with van der Waals surface area (Å²) < 4.78 is 20.4. The molecule has 1 atom stereocenters. The van der Waals surface area contributed by atoms with Crippen LogP contribution < -0.4 is 10.1 Å². The number of rotatable bonds is 6. The van der Waals surface area contributed by atoms with Crippen molar-refractivity contribution in [1.82, 2.24) is 20.1 Å². The van der Waals surface area contributed by atoms with Gasteiger partial charge in [0.1, 0.15) is 11.6 Å². The van der Waals surface area contributed by atoms with Crippen LogP contribution in [0.3, 0.4) is 0 Å². The zero-order chi connectivity index (χ0) is 19.4. The van der Waals surface area contributed by atoms with Gasteiger partial charge in [-0.3, -0.25) is 4.79 Å². The van der Waals surface area contributed by atoms with Crippen LogP contribution in [0.2, 0.25) is 0 Å². The first-order valence-corrected chi connectivity index (χ1v) is 8.58. The number of nitrogens with zero attached hydrogens (tertiary/aromatic N) is 3. The predicted octanol–water partition coefficient (Wildman–Crippen LogP) is 3.20. The molecular formula is C20H21FN4O2. The summed E-state index contributed by atoms with van der Waals surface area (Å²) in [5, 5.41) is 7.35. The van der Waals surface area contributed by atoms with Crippen molar-refractivity contribution in [2.75, 3.05) is 7.11 Å². The van der Waals surface area contributed by atoms with Gasteiger partial charge in [-0.1, -0.05) is 18.2 Å². The highest BCUT2D eigenvalue weighted by Gasteiger charge is 2.19. The maximum atomic E-state index is 13.7. The van der Waals surface area contributed by atoms with Crippen LogP contribution in [0, 0.1) is 5.82 Å². The van der Waals surface area contributed by atoms with Gasteiger partial charge in [0.15, 0.2) is 11.6 Å². The zero-order valence-corrected chi connectivity index (χ0v) is 15.4. The quantitative estimate of drug-likeness (QED) is 0.725. The second kappa shape index (κ2) is 7.99. The number of nitrogens with one attached hydrogen (secondary N) is 1. The summed E-state index contributed by atoms with van der Waals surface area (Å²) in [7, 11) is 1.62. The second-order valence-corrected chi connectivity index (χ2v) is 6.22. The summed E-state index contributed by atoms with van der Waals surface area (Å²) >= 11 is 0. The number of aromatic nitrogens is 3. The van der Waals surface area contributed by atoms with E-state index in [1.54, 1.807) is 23.9 Å². The number of amides is 1. The standard InChI is InChI=1S/C20H21FN4O2/c1-13(22-14(2)26)20-23-19(11-15-7-9-18(27-3)10-8-15)24-25(20)17-6-4-5-16(21)12-17/h4-10,12-13H,11H2,1-3H3,(H,22,26)/t13-/m1/s1. The molecule has 0 aliphatic rings. The first-order chi connectivity index (χ1) is 13.0. The molecule has 0 unspecified atom stereocenters. The highest BCUT2D eigenvalue weighted by Crippen LogP contribution is 2.19. The Bertz CT molecular complexity index is 937. The van der Waals surface area contributed by atoms with Crippen LogP contribution in [0.5, 0.6) is 5.75 Å². The van der Waals surface area contributed by atoms with Gasteiger partial charge >= 0.3 is 0 Å². The first-order valence-electron chi connectivity index (χ1n) is 8.58. The molecule has 0 aliphatic heterocycles. The van der Waals surface area contributed by atoms with Gasteiger partial charge in [-0.2, -0.15) is 5.10 Å². The van der Waals surface area contributed by atoms with Crippen molar-refractivity contribution >= 4 is 5.91 Å². The van der Waals surface area contributed by atoms with Gasteiger partial charge in [0, 0.05) is 13.3 Å². The van der Waals surface area contributed by atoms with Crippen molar-refractivity contribution in [1.29, 1.82) is 0 Å². The lowest BCUT2D eigenvalue weighted by Crippen LogP contribution is -2.26. The average Bonchev–Trinajstić information content (AvgIpc) is 3.06. The summed E-state index contributed by atoms with van der Waals surface area (Å²) in [6.45, 7) is 3.26. The van der Waals surface area contributed by atoms with E-state index in [4.69, 9.17) is 4.74 Å². The van der Waals surface area contributed by atoms with E-state index in [1.807, 2.05) is 31.2 Å². The van der Waals surface area contributed by atoms with Crippen LogP contribution >= 0.6 is 0 Å². The predicted molar refractivity (Wildman–Crippen MR) is 99.3 cm³/mol. The Kier molecular flexibility index (Phi) is 5.49. The van der Waals surface area contributed by atoms with Crippen molar-refractivity contribution in [2.45, 2.75) is 26.3 Å². The van der Waals surface area contributed by atoms with E-state index in [0.29, 0.717) is 23.8 Å². The SMILES string of the molecule is COc1ccc(Cc2nc([C@@H](C)NC(C)=O)n(-c3cccc(F)c3)n2)cc1. The molecule has 3 rings (SSSR count). The van der Waals surface area contributed by atoms with E-state index in [1.165, 1.54) is 19.1 Å². The smallest absolute Gasteiger partial charge is 0.217 e. The highest BCUT2D eigenvalue weighted by atomic mass is 19.1. The Hall–Kier alpha value is -3.22. The molecule has 0 fully saturated rings. The van der Waals surface area contributed by atoms with E-state index >= 15 is 0 Å². The van der Waals surface area contributed by atoms with Crippen molar-refractivity contribution in [2.24, 2.45) is 0 Å². The maximum Gasteiger partial charge on any atom is 0.217 e. The third-order valence-electron chi connectivity index (χ3n) is 4.06. The molecule has 1 heterocycles. The minimum atomic E-state index is -0.372. The molecule has 6 nitrogen and oxygen atoms in total. The average molecular weight is 368 g/mol. The van der Waals surface area contributed by atoms with Gasteiger partial charge in [-0.15, -0.1) is 0 Å². The molecule has 140 valence electrons. The molecule has 2 aromatic carbocycles. The largest absolute Gasteiger partial charge is 0.497 e. The third kappa shape index (κ3) is 4.49. The molecule has 1 N–H and O–H groups in total. The van der Waals surface area contributed by atoms with Crippen LogP contribution in [-0.2, 0) is 11.2 Å². The van der Waals surface area contributed by atoms with Crippen LogP contribution in [-0.4, -0.2) is 27.8 Å². The topological polar surface area (TPSA) is 69.0 Å². The van der Waals surface area contributed by atoms with Gasteiger partial charge in [0.2, 0.25) is 5.91 Å². The summed E-state index contributed by atoms with van der Waals surface area (Å²) in [5.74, 6) is 1.36. The van der Waals surface area contributed by atoms with Crippen molar-refractivity contribution in [3.63, 3.8) is 0 Å². The van der Waals surface area contributed by atoms with E-state index in [2.05, 4.69) is 15.4 Å². The molecule has 27 heavy (non-hydrogen) atoms. The van der Waals surface area contributed by atoms with Crippen LogP contribution in [0.1, 0.15) is 37.1 Å². The molecule has 0 spiro atoms. The van der Waals surface area contributed by atoms with Crippen molar-refractivity contribution in [3.8, 4) is 11.4 Å². The fourth-order valence-corrected chi connectivity index (χ4v) is 2.82. The highest BCUT2D eigenvalue weighted by molar-refractivity contribution is 5.73. The molecule has 0 radical (unpaired) electrons. The summed E-state index contributed by atoms with van der Waals surface area (Å²) in [6, 6.07) is 13.4. The molecule has 0 saturated heterocycles. The molecule has 0 aliphatic carbocycles. The number of methoxy groups -OCH3 is 1. The lowest BCUT2D eigenvalue weighted by atomic mass is 10.1. The lowest BCUT2D eigenvalue weighted by molar-refractivity contribution is -0.119. The number of halogens is 1. The molecule has 0 bridgehead atoms. The monoisotopic (exact) mass is 368 g/mol. The van der Waals surface area contributed by atoms with Gasteiger partial charge in [-0.25, -0.2) is 14.1 Å². The van der Waals surface area contributed by atoms with Gasteiger partial charge < -0.3 is 10.1 Å². The fraction of sp³-hybridized carbons (Fsp3) is 0.250. The number of carbonyl (C=O) groups excluding carboxylic acids is 1. The van der Waals surface area contributed by atoms with Gasteiger partial charge in [0.05, 0.1) is 18.8 Å². The van der Waals surface area contributed by atoms with Crippen molar-refractivity contribution < 1.29 is 13.9 Å².